The van der Waals surface area contributed by atoms with Gasteiger partial charge in [-0.05, 0) is 30.9 Å². The second kappa shape index (κ2) is 8.41. The number of amides is 4. The molecule has 2 atom stereocenters. The van der Waals surface area contributed by atoms with Crippen LogP contribution in [0.4, 0.5) is 4.79 Å². The number of hydrogen-bond donors (Lipinski definition) is 1. The minimum absolute atomic E-state index is 0.153. The molecule has 2 aliphatic rings. The SMILES string of the molecule is C[C@H](NC(=O)CCCCCN1C(=O)[C@@H]2Cc3ccccc3CN2C1=O)C(=O)[O-]. The van der Waals surface area contributed by atoms with Crippen molar-refractivity contribution in [2.24, 2.45) is 0 Å². The van der Waals surface area contributed by atoms with Gasteiger partial charge < -0.3 is 20.1 Å². The lowest BCUT2D eigenvalue weighted by molar-refractivity contribution is -0.307. The number of nitrogens with zero attached hydrogens (tertiary/aromatic N) is 2. The molecule has 8 heteroatoms. The van der Waals surface area contributed by atoms with Crippen LogP contribution in [-0.4, -0.2) is 52.2 Å². The predicted octanol–water partition coefficient (Wildman–Crippen LogP) is 0.191. The van der Waals surface area contributed by atoms with E-state index in [9.17, 15) is 24.3 Å². The van der Waals surface area contributed by atoms with E-state index in [-0.39, 0.29) is 24.3 Å². The monoisotopic (exact) mass is 386 g/mol. The average molecular weight is 386 g/mol. The molecule has 0 radical (unpaired) electrons. The van der Waals surface area contributed by atoms with Crippen molar-refractivity contribution < 1.29 is 24.3 Å². The molecule has 0 spiro atoms. The number of aliphatic carboxylic acids is 1. The van der Waals surface area contributed by atoms with Crippen LogP contribution in [0.5, 0.6) is 0 Å². The third-order valence-electron chi connectivity index (χ3n) is 5.29. The Morgan fingerprint density at radius 2 is 1.89 bits per heavy atom. The summed E-state index contributed by atoms with van der Waals surface area (Å²) in [5.41, 5.74) is 2.20. The summed E-state index contributed by atoms with van der Waals surface area (Å²) in [6.07, 6.45) is 2.57. The summed E-state index contributed by atoms with van der Waals surface area (Å²) in [5.74, 6) is -1.82. The summed E-state index contributed by atoms with van der Waals surface area (Å²) in [6, 6.07) is 6.18. The molecule has 1 aromatic rings. The fraction of sp³-hybridized carbons (Fsp3) is 0.500. The first kappa shape index (κ1) is 19.9. The maximum absolute atomic E-state index is 12.7. The van der Waals surface area contributed by atoms with Gasteiger partial charge in [0.05, 0.1) is 12.0 Å². The third-order valence-corrected chi connectivity index (χ3v) is 5.29. The molecule has 150 valence electrons. The largest absolute Gasteiger partial charge is 0.548 e. The van der Waals surface area contributed by atoms with Crippen molar-refractivity contribution in [2.75, 3.05) is 6.54 Å². The highest BCUT2D eigenvalue weighted by atomic mass is 16.4. The Hall–Kier alpha value is -2.90. The number of carboxylic acid groups (broad SMARTS) is 1. The fourth-order valence-corrected chi connectivity index (χ4v) is 3.68. The van der Waals surface area contributed by atoms with Gasteiger partial charge in [-0.25, -0.2) is 4.79 Å². The smallest absolute Gasteiger partial charge is 0.327 e. The molecule has 1 aromatic carbocycles. The number of carbonyl (C=O) groups excluding carboxylic acids is 4. The molecule has 1 N–H and O–H groups in total. The molecule has 2 heterocycles. The number of urea groups is 1. The third kappa shape index (κ3) is 4.16. The van der Waals surface area contributed by atoms with E-state index >= 15 is 0 Å². The molecule has 1 saturated heterocycles. The topological polar surface area (TPSA) is 110 Å². The Morgan fingerprint density at radius 1 is 1.18 bits per heavy atom. The molecule has 8 nitrogen and oxygen atoms in total. The number of hydrogen-bond acceptors (Lipinski definition) is 5. The van der Waals surface area contributed by atoms with E-state index in [2.05, 4.69) is 5.32 Å². The number of unbranched alkanes of at least 4 members (excludes halogenated alkanes) is 2. The number of imide groups is 1. The van der Waals surface area contributed by atoms with Gasteiger partial charge in [-0.15, -0.1) is 0 Å². The second-order valence-electron chi connectivity index (χ2n) is 7.31. The van der Waals surface area contributed by atoms with E-state index in [0.717, 1.165) is 11.1 Å². The molecule has 0 aromatic heterocycles. The van der Waals surface area contributed by atoms with Gasteiger partial charge in [-0.1, -0.05) is 30.7 Å². The molecule has 0 unspecified atom stereocenters. The van der Waals surface area contributed by atoms with Crippen LogP contribution < -0.4 is 10.4 Å². The van der Waals surface area contributed by atoms with Crippen LogP contribution in [0, 0.1) is 0 Å². The van der Waals surface area contributed by atoms with Crippen molar-refractivity contribution >= 4 is 23.8 Å². The first-order chi connectivity index (χ1) is 13.4. The molecule has 3 rings (SSSR count). The average Bonchev–Trinajstić information content (AvgIpc) is 2.90. The molecule has 28 heavy (non-hydrogen) atoms. The van der Waals surface area contributed by atoms with Crippen LogP contribution in [-0.2, 0) is 27.3 Å². The molecule has 2 aliphatic heterocycles. The van der Waals surface area contributed by atoms with Crippen LogP contribution in [0.15, 0.2) is 24.3 Å². The van der Waals surface area contributed by atoms with Gasteiger partial charge in [0.25, 0.3) is 5.91 Å². The number of rotatable bonds is 8. The first-order valence-electron chi connectivity index (χ1n) is 9.57. The van der Waals surface area contributed by atoms with Gasteiger partial charge >= 0.3 is 6.03 Å². The maximum atomic E-state index is 12.7. The molecule has 0 saturated carbocycles. The van der Waals surface area contributed by atoms with Crippen LogP contribution in [0.3, 0.4) is 0 Å². The number of carbonyl (C=O) groups is 4. The zero-order valence-electron chi connectivity index (χ0n) is 15.8. The number of fused-ring (bicyclic) bond motifs is 2. The van der Waals surface area contributed by atoms with E-state index in [0.29, 0.717) is 38.8 Å². The lowest BCUT2D eigenvalue weighted by atomic mass is 9.95. The normalized spacial score (nSPS) is 19.2. The van der Waals surface area contributed by atoms with Crippen molar-refractivity contribution in [1.82, 2.24) is 15.1 Å². The summed E-state index contributed by atoms with van der Waals surface area (Å²) in [6.45, 7) is 2.14. The summed E-state index contributed by atoms with van der Waals surface area (Å²) >= 11 is 0. The van der Waals surface area contributed by atoms with E-state index in [1.807, 2.05) is 24.3 Å². The molecular formula is C20H24N3O5-. The van der Waals surface area contributed by atoms with E-state index in [4.69, 9.17) is 0 Å². The van der Waals surface area contributed by atoms with Crippen LogP contribution >= 0.6 is 0 Å². The molecule has 4 amide bonds. The van der Waals surface area contributed by atoms with Crippen LogP contribution in [0.25, 0.3) is 0 Å². The lowest BCUT2D eigenvalue weighted by Crippen LogP contribution is -2.45. The minimum Gasteiger partial charge on any atom is -0.548 e. The highest BCUT2D eigenvalue weighted by Crippen LogP contribution is 2.30. The maximum Gasteiger partial charge on any atom is 0.327 e. The lowest BCUT2D eigenvalue weighted by Gasteiger charge is -2.28. The summed E-state index contributed by atoms with van der Waals surface area (Å²) in [4.78, 5) is 50.5. The van der Waals surface area contributed by atoms with Crippen molar-refractivity contribution in [1.29, 1.82) is 0 Å². The Morgan fingerprint density at radius 3 is 2.61 bits per heavy atom. The Labute approximate surface area is 163 Å². The zero-order valence-corrected chi connectivity index (χ0v) is 15.8. The highest BCUT2D eigenvalue weighted by molar-refractivity contribution is 6.04. The van der Waals surface area contributed by atoms with Gasteiger partial charge in [-0.3, -0.25) is 14.5 Å². The zero-order chi connectivity index (χ0) is 20.3. The highest BCUT2D eigenvalue weighted by Gasteiger charge is 2.46. The minimum atomic E-state index is -1.32. The number of carboxylic acids is 1. The van der Waals surface area contributed by atoms with Crippen molar-refractivity contribution in [3.63, 3.8) is 0 Å². The quantitative estimate of drug-likeness (QED) is 0.507. The standard InChI is InChI=1S/C20H25N3O5/c1-13(19(26)27)21-17(24)9-3-2-6-10-22-18(25)16-11-14-7-4-5-8-15(14)12-23(16)20(22)28/h4-5,7-8,13,16H,2-3,6,9-12H2,1H3,(H,21,24)(H,26,27)/p-1/t13-,16-/m0/s1. The van der Waals surface area contributed by atoms with Gasteiger partial charge in [-0.2, -0.15) is 0 Å². The molecular weight excluding hydrogens is 362 g/mol. The first-order valence-corrected chi connectivity index (χ1v) is 9.57. The molecule has 0 bridgehead atoms. The van der Waals surface area contributed by atoms with Gasteiger partial charge in [0.15, 0.2) is 0 Å². The van der Waals surface area contributed by atoms with Gasteiger partial charge in [0.1, 0.15) is 6.04 Å². The Bertz CT molecular complexity index is 751. The number of nitrogens with one attached hydrogen (secondary N) is 1. The second-order valence-corrected chi connectivity index (χ2v) is 7.31. The summed E-state index contributed by atoms with van der Waals surface area (Å²) < 4.78 is 0. The molecule has 0 aliphatic carbocycles. The van der Waals surface area contributed by atoms with Crippen LogP contribution in [0.2, 0.25) is 0 Å². The van der Waals surface area contributed by atoms with E-state index < -0.39 is 18.1 Å². The van der Waals surface area contributed by atoms with E-state index in [1.54, 1.807) is 4.90 Å². The van der Waals surface area contributed by atoms with E-state index in [1.165, 1.54) is 11.8 Å². The van der Waals surface area contributed by atoms with Gasteiger partial charge in [0, 0.05) is 25.9 Å². The Kier molecular flexibility index (Phi) is 5.96. The van der Waals surface area contributed by atoms with Gasteiger partial charge in [0.2, 0.25) is 5.91 Å². The predicted molar refractivity (Wildman–Crippen MR) is 97.7 cm³/mol. The summed E-state index contributed by atoms with van der Waals surface area (Å²) in [5, 5.41) is 12.9. The molecule has 1 fully saturated rings. The van der Waals surface area contributed by atoms with Crippen molar-refractivity contribution in [2.45, 2.75) is 57.7 Å². The van der Waals surface area contributed by atoms with Crippen molar-refractivity contribution in [3.05, 3.63) is 35.4 Å². The van der Waals surface area contributed by atoms with Crippen molar-refractivity contribution in [3.8, 4) is 0 Å². The Balaban J connectivity index is 1.44. The number of benzene rings is 1. The fourth-order valence-electron chi connectivity index (χ4n) is 3.68. The van der Waals surface area contributed by atoms with Crippen LogP contribution in [0.1, 0.15) is 43.7 Å². The summed E-state index contributed by atoms with van der Waals surface area (Å²) in [7, 11) is 0.